The number of carbonyl (C=O) groups is 1. The van der Waals surface area contributed by atoms with Crippen LogP contribution in [0, 0.1) is 5.92 Å². The summed E-state index contributed by atoms with van der Waals surface area (Å²) in [7, 11) is 1.78. The van der Waals surface area contributed by atoms with Crippen LogP contribution in [0.2, 0.25) is 10.0 Å². The molecule has 1 aliphatic heterocycles. The van der Waals surface area contributed by atoms with Crippen molar-refractivity contribution in [3.8, 4) is 0 Å². The van der Waals surface area contributed by atoms with Crippen LogP contribution >= 0.6 is 23.2 Å². The van der Waals surface area contributed by atoms with Crippen molar-refractivity contribution in [3.05, 3.63) is 33.8 Å². The van der Waals surface area contributed by atoms with Gasteiger partial charge in [-0.3, -0.25) is 4.79 Å². The van der Waals surface area contributed by atoms with Crippen LogP contribution in [0.25, 0.3) is 0 Å². The maximum atomic E-state index is 12.8. The molecule has 0 spiro atoms. The standard InChI is InChI=1S/C18H23Cl2NO2/c1-23-16-6-4-15(5-7-16)21-9-8-13(18(21)22)10-12-2-3-14(19)11-17(12)20/h2-3,11,13,15-16H,4-10H2,1H3/t13?,15-,16-. The van der Waals surface area contributed by atoms with Crippen molar-refractivity contribution < 1.29 is 9.53 Å². The first kappa shape index (κ1) is 17.1. The van der Waals surface area contributed by atoms with Gasteiger partial charge in [-0.25, -0.2) is 0 Å². The van der Waals surface area contributed by atoms with E-state index >= 15 is 0 Å². The fraction of sp³-hybridized carbons (Fsp3) is 0.611. The summed E-state index contributed by atoms with van der Waals surface area (Å²) in [6, 6.07) is 5.91. The smallest absolute Gasteiger partial charge is 0.226 e. The van der Waals surface area contributed by atoms with Crippen LogP contribution in [0.4, 0.5) is 0 Å². The normalized spacial score (nSPS) is 28.4. The summed E-state index contributed by atoms with van der Waals surface area (Å²) in [5, 5.41) is 1.29. The predicted molar refractivity (Wildman–Crippen MR) is 93.0 cm³/mol. The average Bonchev–Trinajstić information content (AvgIpc) is 2.91. The Hall–Kier alpha value is -0.770. The molecule has 3 nitrogen and oxygen atoms in total. The molecular weight excluding hydrogens is 333 g/mol. The molecule has 5 heteroatoms. The zero-order valence-electron chi connectivity index (χ0n) is 13.4. The van der Waals surface area contributed by atoms with E-state index in [1.807, 2.05) is 12.1 Å². The highest BCUT2D eigenvalue weighted by Gasteiger charge is 2.37. The Labute approximate surface area is 147 Å². The maximum Gasteiger partial charge on any atom is 0.226 e. The predicted octanol–water partition coefficient (Wildman–Crippen LogP) is 4.34. The minimum atomic E-state index is 0.0498. The molecule has 1 heterocycles. The van der Waals surface area contributed by atoms with Crippen LogP contribution in [0.5, 0.6) is 0 Å². The summed E-state index contributed by atoms with van der Waals surface area (Å²) in [5.41, 5.74) is 1.01. The number of benzene rings is 1. The number of hydrogen-bond acceptors (Lipinski definition) is 2. The third-order valence-electron chi connectivity index (χ3n) is 5.25. The molecule has 3 rings (SSSR count). The number of hydrogen-bond donors (Lipinski definition) is 0. The zero-order chi connectivity index (χ0) is 16.4. The van der Waals surface area contributed by atoms with Gasteiger partial charge in [0.1, 0.15) is 0 Å². The molecule has 0 radical (unpaired) electrons. The molecule has 1 aromatic rings. The van der Waals surface area contributed by atoms with Crippen molar-refractivity contribution in [1.29, 1.82) is 0 Å². The van der Waals surface area contributed by atoms with Gasteiger partial charge in [-0.15, -0.1) is 0 Å². The monoisotopic (exact) mass is 355 g/mol. The van der Waals surface area contributed by atoms with E-state index in [4.69, 9.17) is 27.9 Å². The lowest BCUT2D eigenvalue weighted by Crippen LogP contribution is -2.41. The van der Waals surface area contributed by atoms with Gasteiger partial charge < -0.3 is 9.64 Å². The van der Waals surface area contributed by atoms with Crippen LogP contribution in [-0.2, 0) is 16.0 Å². The summed E-state index contributed by atoms with van der Waals surface area (Å²) in [5.74, 6) is 0.339. The molecule has 1 saturated carbocycles. The maximum absolute atomic E-state index is 12.8. The Morgan fingerprint density at radius 1 is 1.17 bits per heavy atom. The van der Waals surface area contributed by atoms with Gasteiger partial charge in [0.05, 0.1) is 6.10 Å². The fourth-order valence-corrected chi connectivity index (χ4v) is 4.35. The molecule has 1 atom stereocenters. The Morgan fingerprint density at radius 2 is 1.91 bits per heavy atom. The number of ether oxygens (including phenoxy) is 1. The van der Waals surface area contributed by atoms with Gasteiger partial charge in [-0.05, 0) is 56.2 Å². The molecule has 1 aliphatic carbocycles. The summed E-state index contributed by atoms with van der Waals surface area (Å²) >= 11 is 12.2. The number of rotatable bonds is 4. The lowest BCUT2D eigenvalue weighted by molar-refractivity contribution is -0.134. The van der Waals surface area contributed by atoms with Gasteiger partial charge in [0, 0.05) is 35.7 Å². The van der Waals surface area contributed by atoms with Crippen molar-refractivity contribution in [3.63, 3.8) is 0 Å². The van der Waals surface area contributed by atoms with Crippen molar-refractivity contribution >= 4 is 29.1 Å². The highest BCUT2D eigenvalue weighted by Crippen LogP contribution is 2.32. The first-order valence-corrected chi connectivity index (χ1v) is 9.11. The Balaban J connectivity index is 1.60. The van der Waals surface area contributed by atoms with E-state index in [0.29, 0.717) is 28.6 Å². The Kier molecular flexibility index (Phi) is 5.50. The Bertz CT molecular complexity index is 570. The van der Waals surface area contributed by atoms with Gasteiger partial charge >= 0.3 is 0 Å². The lowest BCUT2D eigenvalue weighted by Gasteiger charge is -2.34. The van der Waals surface area contributed by atoms with Crippen LogP contribution in [0.15, 0.2) is 18.2 Å². The van der Waals surface area contributed by atoms with E-state index < -0.39 is 0 Å². The summed E-state index contributed by atoms with van der Waals surface area (Å²) < 4.78 is 5.42. The SMILES string of the molecule is CO[C@H]1CC[C@H](N2CCC(Cc3ccc(Cl)cc3Cl)C2=O)CC1. The molecule has 1 unspecified atom stereocenters. The van der Waals surface area contributed by atoms with Crippen molar-refractivity contribution in [2.75, 3.05) is 13.7 Å². The molecule has 126 valence electrons. The molecule has 2 aliphatic rings. The number of likely N-dealkylation sites (tertiary alicyclic amines) is 1. The molecule has 1 aromatic carbocycles. The number of amides is 1. The van der Waals surface area contributed by atoms with Gasteiger partial charge in [-0.2, -0.15) is 0 Å². The van der Waals surface area contributed by atoms with Crippen LogP contribution in [-0.4, -0.2) is 36.6 Å². The van der Waals surface area contributed by atoms with Crippen LogP contribution in [0.3, 0.4) is 0 Å². The van der Waals surface area contributed by atoms with E-state index in [0.717, 1.165) is 44.2 Å². The minimum Gasteiger partial charge on any atom is -0.381 e. The highest BCUT2D eigenvalue weighted by atomic mass is 35.5. The molecule has 23 heavy (non-hydrogen) atoms. The van der Waals surface area contributed by atoms with Crippen molar-refractivity contribution in [1.82, 2.24) is 4.90 Å². The number of carbonyl (C=O) groups excluding carboxylic acids is 1. The molecule has 0 bridgehead atoms. The number of halogens is 2. The quantitative estimate of drug-likeness (QED) is 0.803. The molecular formula is C18H23Cl2NO2. The third-order valence-corrected chi connectivity index (χ3v) is 5.84. The van der Waals surface area contributed by atoms with Crippen molar-refractivity contribution in [2.45, 2.75) is 50.7 Å². The molecule has 1 amide bonds. The Morgan fingerprint density at radius 3 is 2.57 bits per heavy atom. The van der Waals surface area contributed by atoms with E-state index in [1.54, 1.807) is 13.2 Å². The lowest BCUT2D eigenvalue weighted by atomic mass is 9.91. The van der Waals surface area contributed by atoms with Gasteiger partial charge in [0.2, 0.25) is 5.91 Å². The fourth-order valence-electron chi connectivity index (χ4n) is 3.86. The number of nitrogens with zero attached hydrogens (tertiary/aromatic N) is 1. The van der Waals surface area contributed by atoms with Crippen LogP contribution < -0.4 is 0 Å². The molecule has 0 aromatic heterocycles. The van der Waals surface area contributed by atoms with Gasteiger partial charge in [0.25, 0.3) is 0 Å². The average molecular weight is 356 g/mol. The van der Waals surface area contributed by atoms with E-state index in [2.05, 4.69) is 4.90 Å². The van der Waals surface area contributed by atoms with Crippen LogP contribution in [0.1, 0.15) is 37.7 Å². The zero-order valence-corrected chi connectivity index (χ0v) is 14.9. The molecule has 1 saturated heterocycles. The first-order valence-electron chi connectivity index (χ1n) is 8.35. The molecule has 0 N–H and O–H groups in total. The summed E-state index contributed by atoms with van der Waals surface area (Å²) in [6.45, 7) is 0.872. The third kappa shape index (κ3) is 3.84. The van der Waals surface area contributed by atoms with Crippen molar-refractivity contribution in [2.24, 2.45) is 5.92 Å². The molecule has 2 fully saturated rings. The topological polar surface area (TPSA) is 29.5 Å². The largest absolute Gasteiger partial charge is 0.381 e. The van der Waals surface area contributed by atoms with E-state index in [9.17, 15) is 4.79 Å². The highest BCUT2D eigenvalue weighted by molar-refractivity contribution is 6.35. The van der Waals surface area contributed by atoms with E-state index in [-0.39, 0.29) is 11.8 Å². The van der Waals surface area contributed by atoms with Gasteiger partial charge in [0.15, 0.2) is 0 Å². The minimum absolute atomic E-state index is 0.0498. The second-order valence-electron chi connectivity index (χ2n) is 6.62. The number of methoxy groups -OCH3 is 1. The summed E-state index contributed by atoms with van der Waals surface area (Å²) in [4.78, 5) is 14.9. The van der Waals surface area contributed by atoms with Gasteiger partial charge in [-0.1, -0.05) is 29.3 Å². The second-order valence-corrected chi connectivity index (χ2v) is 7.47. The second kappa shape index (κ2) is 7.42. The summed E-state index contributed by atoms with van der Waals surface area (Å²) in [6.07, 6.45) is 6.21. The van der Waals surface area contributed by atoms with E-state index in [1.165, 1.54) is 0 Å². The first-order chi connectivity index (χ1) is 11.1.